The van der Waals surface area contributed by atoms with E-state index >= 15 is 0 Å². The summed E-state index contributed by atoms with van der Waals surface area (Å²) in [7, 11) is -2.71. The molecule has 1 aliphatic heterocycles. The van der Waals surface area contributed by atoms with Crippen LogP contribution in [0.2, 0.25) is 0 Å². The van der Waals surface area contributed by atoms with Gasteiger partial charge in [-0.1, -0.05) is 26.7 Å². The minimum atomic E-state index is -2.71. The number of hydrogen-bond donors (Lipinski definition) is 0. The molecule has 1 spiro atoms. The van der Waals surface area contributed by atoms with Crippen LogP contribution in [-0.2, 0) is 9.84 Å². The van der Waals surface area contributed by atoms with Crippen LogP contribution in [0.5, 0.6) is 0 Å². The van der Waals surface area contributed by atoms with Crippen LogP contribution >= 0.6 is 0 Å². The van der Waals surface area contributed by atoms with Gasteiger partial charge in [0.25, 0.3) is 0 Å². The summed E-state index contributed by atoms with van der Waals surface area (Å²) in [5, 5.41) is 0. The summed E-state index contributed by atoms with van der Waals surface area (Å²) in [5.41, 5.74) is 0.383. The summed E-state index contributed by atoms with van der Waals surface area (Å²) < 4.78 is 23.2. The average molecular weight is 258 g/mol. The fourth-order valence-electron chi connectivity index (χ4n) is 3.92. The number of sulfone groups is 1. The van der Waals surface area contributed by atoms with Gasteiger partial charge in [-0.05, 0) is 49.4 Å². The Morgan fingerprint density at radius 3 is 2.35 bits per heavy atom. The van der Waals surface area contributed by atoms with Crippen molar-refractivity contribution in [3.8, 4) is 0 Å². The van der Waals surface area contributed by atoms with E-state index in [4.69, 9.17) is 0 Å². The summed E-state index contributed by atoms with van der Waals surface area (Å²) in [4.78, 5) is 0. The Labute approximate surface area is 106 Å². The molecule has 1 saturated carbocycles. The summed E-state index contributed by atoms with van der Waals surface area (Å²) in [6, 6.07) is 0. The highest BCUT2D eigenvalue weighted by molar-refractivity contribution is 7.91. The van der Waals surface area contributed by atoms with Gasteiger partial charge in [0.1, 0.15) is 9.84 Å². The van der Waals surface area contributed by atoms with Crippen molar-refractivity contribution in [1.29, 1.82) is 0 Å². The van der Waals surface area contributed by atoms with Crippen molar-refractivity contribution in [2.45, 2.75) is 58.8 Å². The second-order valence-electron chi connectivity index (χ2n) is 6.59. The molecule has 2 rings (SSSR count). The van der Waals surface area contributed by atoms with Gasteiger partial charge in [0.15, 0.2) is 0 Å². The van der Waals surface area contributed by atoms with Crippen LogP contribution in [0.3, 0.4) is 0 Å². The molecule has 0 bridgehead atoms. The molecule has 0 N–H and O–H groups in total. The van der Waals surface area contributed by atoms with Crippen LogP contribution < -0.4 is 0 Å². The van der Waals surface area contributed by atoms with Gasteiger partial charge < -0.3 is 0 Å². The Bertz CT molecular complexity index is 342. The first-order valence-corrected chi connectivity index (χ1v) is 8.96. The number of rotatable bonds is 2. The zero-order chi connectivity index (χ0) is 12.5. The molecule has 2 aliphatic rings. The fraction of sp³-hybridized carbons (Fsp3) is 1.00. The van der Waals surface area contributed by atoms with Crippen LogP contribution in [0.1, 0.15) is 58.8 Å². The van der Waals surface area contributed by atoms with Crippen LogP contribution in [0.25, 0.3) is 0 Å². The third-order valence-corrected chi connectivity index (χ3v) is 6.57. The van der Waals surface area contributed by atoms with Gasteiger partial charge >= 0.3 is 0 Å². The van der Waals surface area contributed by atoms with E-state index in [9.17, 15) is 8.42 Å². The standard InChI is InChI=1S/C14H26O2S/c1-12(2)11-13-5-3-4-6-14(13)7-9-17(15,16)10-8-14/h12-13H,3-11H2,1-2H3. The highest BCUT2D eigenvalue weighted by atomic mass is 32.2. The molecule has 2 nitrogen and oxygen atoms in total. The Hall–Kier alpha value is -0.0500. The van der Waals surface area contributed by atoms with Gasteiger partial charge in [0, 0.05) is 0 Å². The van der Waals surface area contributed by atoms with Crippen molar-refractivity contribution < 1.29 is 8.42 Å². The monoisotopic (exact) mass is 258 g/mol. The zero-order valence-corrected chi connectivity index (χ0v) is 12.1. The van der Waals surface area contributed by atoms with Crippen LogP contribution in [0, 0.1) is 17.3 Å². The van der Waals surface area contributed by atoms with E-state index in [1.54, 1.807) is 0 Å². The molecule has 2 fully saturated rings. The lowest BCUT2D eigenvalue weighted by Crippen LogP contribution is -2.41. The Kier molecular flexibility index (Phi) is 3.86. The third kappa shape index (κ3) is 3.04. The van der Waals surface area contributed by atoms with Crippen molar-refractivity contribution in [2.24, 2.45) is 17.3 Å². The topological polar surface area (TPSA) is 34.1 Å². The SMILES string of the molecule is CC(C)CC1CCCCC12CCS(=O)(=O)CC2. The minimum Gasteiger partial charge on any atom is -0.229 e. The van der Waals surface area contributed by atoms with Gasteiger partial charge in [-0.15, -0.1) is 0 Å². The molecular weight excluding hydrogens is 232 g/mol. The first-order chi connectivity index (χ1) is 7.94. The van der Waals surface area contributed by atoms with E-state index in [-0.39, 0.29) is 0 Å². The van der Waals surface area contributed by atoms with E-state index < -0.39 is 9.84 Å². The molecule has 0 radical (unpaired) electrons. The maximum atomic E-state index is 11.6. The largest absolute Gasteiger partial charge is 0.229 e. The van der Waals surface area contributed by atoms with Gasteiger partial charge in [-0.25, -0.2) is 8.42 Å². The first kappa shape index (κ1) is 13.4. The average Bonchev–Trinajstić information content (AvgIpc) is 2.25. The molecule has 1 aliphatic carbocycles. The Morgan fingerprint density at radius 1 is 1.12 bits per heavy atom. The fourth-order valence-corrected chi connectivity index (χ4v) is 5.56. The lowest BCUT2D eigenvalue weighted by Gasteiger charge is -2.47. The van der Waals surface area contributed by atoms with Crippen LogP contribution in [0.4, 0.5) is 0 Å². The molecule has 0 aromatic carbocycles. The molecule has 1 saturated heterocycles. The normalized spacial score (nSPS) is 31.8. The summed E-state index contributed by atoms with van der Waals surface area (Å²) in [6.07, 6.45) is 8.44. The molecule has 100 valence electrons. The molecule has 0 aromatic rings. The van der Waals surface area contributed by atoms with Crippen molar-refractivity contribution in [1.82, 2.24) is 0 Å². The molecule has 17 heavy (non-hydrogen) atoms. The van der Waals surface area contributed by atoms with E-state index in [0.29, 0.717) is 16.9 Å². The van der Waals surface area contributed by atoms with Gasteiger partial charge in [0.05, 0.1) is 11.5 Å². The van der Waals surface area contributed by atoms with E-state index in [1.165, 1.54) is 32.1 Å². The quantitative estimate of drug-likeness (QED) is 0.760. The molecule has 1 unspecified atom stereocenters. The van der Waals surface area contributed by atoms with Gasteiger partial charge in [0.2, 0.25) is 0 Å². The molecule has 3 heteroatoms. The maximum Gasteiger partial charge on any atom is 0.150 e. The Morgan fingerprint density at radius 2 is 1.76 bits per heavy atom. The Balaban J connectivity index is 2.10. The molecule has 0 aromatic heterocycles. The lowest BCUT2D eigenvalue weighted by atomic mass is 9.61. The van der Waals surface area contributed by atoms with Crippen molar-refractivity contribution in [3.63, 3.8) is 0 Å². The van der Waals surface area contributed by atoms with E-state index in [0.717, 1.165) is 24.7 Å². The van der Waals surface area contributed by atoms with Crippen molar-refractivity contribution >= 4 is 9.84 Å². The summed E-state index contributed by atoms with van der Waals surface area (Å²) in [6.45, 7) is 4.59. The second-order valence-corrected chi connectivity index (χ2v) is 8.89. The predicted octanol–water partition coefficient (Wildman–Crippen LogP) is 3.42. The van der Waals surface area contributed by atoms with Crippen LogP contribution in [-0.4, -0.2) is 19.9 Å². The predicted molar refractivity (Wildman–Crippen MR) is 71.7 cm³/mol. The summed E-state index contributed by atoms with van der Waals surface area (Å²) in [5.74, 6) is 2.42. The zero-order valence-electron chi connectivity index (χ0n) is 11.2. The second kappa shape index (κ2) is 4.91. The maximum absolute atomic E-state index is 11.6. The molecule has 0 amide bonds. The lowest BCUT2D eigenvalue weighted by molar-refractivity contribution is 0.0644. The molecule has 1 heterocycles. The van der Waals surface area contributed by atoms with Gasteiger partial charge in [-0.3, -0.25) is 0 Å². The van der Waals surface area contributed by atoms with Crippen molar-refractivity contribution in [3.05, 3.63) is 0 Å². The molecule has 1 atom stereocenters. The summed E-state index contributed by atoms with van der Waals surface area (Å²) >= 11 is 0. The highest BCUT2D eigenvalue weighted by Gasteiger charge is 2.44. The first-order valence-electron chi connectivity index (χ1n) is 7.14. The van der Waals surface area contributed by atoms with Crippen molar-refractivity contribution in [2.75, 3.05) is 11.5 Å². The molecular formula is C14H26O2S. The minimum absolute atomic E-state index is 0.383. The highest BCUT2D eigenvalue weighted by Crippen LogP contribution is 2.51. The smallest absolute Gasteiger partial charge is 0.150 e. The van der Waals surface area contributed by atoms with E-state index in [2.05, 4.69) is 13.8 Å². The van der Waals surface area contributed by atoms with Crippen LogP contribution in [0.15, 0.2) is 0 Å². The number of hydrogen-bond acceptors (Lipinski definition) is 2. The van der Waals surface area contributed by atoms with E-state index in [1.807, 2.05) is 0 Å². The third-order valence-electron chi connectivity index (χ3n) is 4.92. The van der Waals surface area contributed by atoms with Gasteiger partial charge in [-0.2, -0.15) is 0 Å².